The van der Waals surface area contributed by atoms with Gasteiger partial charge >= 0.3 is 5.97 Å². The fourth-order valence-corrected chi connectivity index (χ4v) is 1.77. The van der Waals surface area contributed by atoms with Gasteiger partial charge in [0.15, 0.2) is 0 Å². The molecule has 0 aliphatic heterocycles. The number of aromatic nitrogens is 1. The Labute approximate surface area is 120 Å². The van der Waals surface area contributed by atoms with Gasteiger partial charge in [-0.05, 0) is 24.3 Å². The highest BCUT2D eigenvalue weighted by Gasteiger charge is 2.12. The van der Waals surface area contributed by atoms with Gasteiger partial charge in [-0.2, -0.15) is 5.26 Å². The molecule has 0 spiro atoms. The number of aromatic carboxylic acids is 1. The fraction of sp³-hybridized carbons (Fsp3) is 0.0714. The summed E-state index contributed by atoms with van der Waals surface area (Å²) in [5.74, 6) is -0.957. The van der Waals surface area contributed by atoms with Crippen LogP contribution in [0.3, 0.4) is 0 Å². The minimum atomic E-state index is -1.11. The van der Waals surface area contributed by atoms with E-state index in [4.69, 9.17) is 26.7 Å². The number of hydrogen-bond acceptors (Lipinski definition) is 4. The van der Waals surface area contributed by atoms with Crippen LogP contribution in [0.5, 0.6) is 5.75 Å². The summed E-state index contributed by atoms with van der Waals surface area (Å²) >= 11 is 5.82. The highest BCUT2D eigenvalue weighted by atomic mass is 35.5. The summed E-state index contributed by atoms with van der Waals surface area (Å²) in [6.07, 6.45) is 1.50. The number of rotatable bonds is 4. The van der Waals surface area contributed by atoms with E-state index in [1.54, 1.807) is 12.1 Å². The van der Waals surface area contributed by atoms with Crippen molar-refractivity contribution in [3.63, 3.8) is 0 Å². The smallest absolute Gasteiger partial charge is 0.339 e. The Hall–Kier alpha value is -2.58. The summed E-state index contributed by atoms with van der Waals surface area (Å²) in [6.45, 7) is 0.0390. The number of benzene rings is 1. The van der Waals surface area contributed by atoms with Gasteiger partial charge in [0.25, 0.3) is 0 Å². The topological polar surface area (TPSA) is 83.2 Å². The molecule has 1 aromatic carbocycles. The van der Waals surface area contributed by atoms with Crippen LogP contribution in [-0.4, -0.2) is 16.1 Å². The molecule has 0 aliphatic carbocycles. The Balaban J connectivity index is 2.25. The van der Waals surface area contributed by atoms with Crippen molar-refractivity contribution in [1.82, 2.24) is 4.98 Å². The number of pyridine rings is 1. The van der Waals surface area contributed by atoms with Crippen molar-refractivity contribution < 1.29 is 14.6 Å². The van der Waals surface area contributed by atoms with Crippen molar-refractivity contribution >= 4 is 17.6 Å². The van der Waals surface area contributed by atoms with Crippen LogP contribution in [-0.2, 0) is 6.61 Å². The summed E-state index contributed by atoms with van der Waals surface area (Å²) < 4.78 is 5.45. The van der Waals surface area contributed by atoms with Gasteiger partial charge in [-0.25, -0.2) is 9.78 Å². The Morgan fingerprint density at radius 3 is 2.95 bits per heavy atom. The number of carboxylic acids is 1. The summed E-state index contributed by atoms with van der Waals surface area (Å²) in [7, 11) is 0. The number of hydrogen-bond donors (Lipinski definition) is 1. The molecule has 1 aromatic heterocycles. The minimum absolute atomic E-state index is 0.0109. The first-order valence-electron chi connectivity index (χ1n) is 5.61. The number of carboxylic acid groups (broad SMARTS) is 1. The first kappa shape index (κ1) is 13.8. The molecular formula is C14H9ClN2O3. The van der Waals surface area contributed by atoms with Crippen molar-refractivity contribution in [3.05, 3.63) is 58.4 Å². The third-order valence-electron chi connectivity index (χ3n) is 2.55. The molecule has 2 rings (SSSR count). The second-order valence-electron chi connectivity index (χ2n) is 3.86. The Morgan fingerprint density at radius 1 is 1.45 bits per heavy atom. The number of halogens is 1. The van der Waals surface area contributed by atoms with Crippen molar-refractivity contribution in [3.8, 4) is 11.8 Å². The Bertz CT molecular complexity index is 695. The molecule has 0 aliphatic rings. The van der Waals surface area contributed by atoms with Crippen molar-refractivity contribution in [2.75, 3.05) is 0 Å². The second kappa shape index (κ2) is 6.04. The number of ether oxygens (including phenoxy) is 1. The third-order valence-corrected chi connectivity index (χ3v) is 2.79. The lowest BCUT2D eigenvalue weighted by molar-refractivity contribution is 0.0692. The van der Waals surface area contributed by atoms with Crippen LogP contribution in [0.4, 0.5) is 0 Å². The quantitative estimate of drug-likeness (QED) is 0.935. The lowest BCUT2D eigenvalue weighted by Crippen LogP contribution is -2.05. The Kier molecular flexibility index (Phi) is 4.18. The van der Waals surface area contributed by atoms with Gasteiger partial charge in [-0.3, -0.25) is 0 Å². The van der Waals surface area contributed by atoms with Gasteiger partial charge in [0, 0.05) is 16.8 Å². The van der Waals surface area contributed by atoms with E-state index < -0.39 is 5.97 Å². The van der Waals surface area contributed by atoms with E-state index in [2.05, 4.69) is 4.98 Å². The van der Waals surface area contributed by atoms with E-state index in [9.17, 15) is 4.79 Å². The number of carbonyl (C=O) groups is 1. The number of nitrogens with zero attached hydrogens (tertiary/aromatic N) is 2. The fourth-order valence-electron chi connectivity index (χ4n) is 1.60. The molecule has 5 nitrogen and oxygen atoms in total. The SMILES string of the molecule is N#Cc1ncccc1COc1cc(Cl)ccc1C(=O)O. The maximum absolute atomic E-state index is 11.1. The average Bonchev–Trinajstić information content (AvgIpc) is 2.45. The van der Waals surface area contributed by atoms with E-state index in [1.807, 2.05) is 6.07 Å². The Morgan fingerprint density at radius 2 is 2.25 bits per heavy atom. The molecule has 0 atom stereocenters. The lowest BCUT2D eigenvalue weighted by Gasteiger charge is -2.10. The van der Waals surface area contributed by atoms with E-state index in [0.29, 0.717) is 10.6 Å². The second-order valence-corrected chi connectivity index (χ2v) is 4.29. The molecule has 0 bridgehead atoms. The zero-order valence-corrected chi connectivity index (χ0v) is 11.0. The zero-order chi connectivity index (χ0) is 14.5. The van der Waals surface area contributed by atoms with E-state index in [-0.39, 0.29) is 23.6 Å². The molecule has 0 saturated heterocycles. The highest BCUT2D eigenvalue weighted by molar-refractivity contribution is 6.30. The van der Waals surface area contributed by atoms with Crippen LogP contribution in [0.1, 0.15) is 21.6 Å². The molecule has 20 heavy (non-hydrogen) atoms. The van der Waals surface area contributed by atoms with Crippen LogP contribution in [0.25, 0.3) is 0 Å². The van der Waals surface area contributed by atoms with Crippen molar-refractivity contribution in [1.29, 1.82) is 5.26 Å². The molecule has 6 heteroatoms. The first-order chi connectivity index (χ1) is 9.61. The number of nitriles is 1. The summed E-state index contributed by atoms with van der Waals surface area (Å²) in [4.78, 5) is 15.0. The first-order valence-corrected chi connectivity index (χ1v) is 5.99. The molecule has 0 unspecified atom stereocenters. The van der Waals surface area contributed by atoms with Gasteiger partial charge in [0.05, 0.1) is 0 Å². The van der Waals surface area contributed by atoms with Gasteiger partial charge in [-0.15, -0.1) is 0 Å². The molecule has 2 aromatic rings. The molecule has 1 heterocycles. The zero-order valence-electron chi connectivity index (χ0n) is 10.2. The van der Waals surface area contributed by atoms with Gasteiger partial charge in [0.2, 0.25) is 0 Å². The molecule has 0 saturated carbocycles. The van der Waals surface area contributed by atoms with E-state index in [0.717, 1.165) is 0 Å². The standard InChI is InChI=1S/C14H9ClN2O3/c15-10-3-4-11(14(18)19)13(6-10)20-8-9-2-1-5-17-12(9)7-16/h1-6H,8H2,(H,18,19). The maximum atomic E-state index is 11.1. The highest BCUT2D eigenvalue weighted by Crippen LogP contribution is 2.24. The monoisotopic (exact) mass is 288 g/mol. The van der Waals surface area contributed by atoms with Crippen LogP contribution in [0, 0.1) is 11.3 Å². The molecule has 0 amide bonds. The van der Waals surface area contributed by atoms with Crippen LogP contribution < -0.4 is 4.74 Å². The van der Waals surface area contributed by atoms with Crippen molar-refractivity contribution in [2.24, 2.45) is 0 Å². The summed E-state index contributed by atoms with van der Waals surface area (Å²) in [6, 6.07) is 9.58. The summed E-state index contributed by atoms with van der Waals surface area (Å²) in [5.41, 5.74) is 0.828. The van der Waals surface area contributed by atoms with Gasteiger partial charge in [0.1, 0.15) is 29.7 Å². The van der Waals surface area contributed by atoms with E-state index in [1.165, 1.54) is 24.4 Å². The van der Waals surface area contributed by atoms with E-state index >= 15 is 0 Å². The van der Waals surface area contributed by atoms with Crippen LogP contribution in [0.15, 0.2) is 36.5 Å². The van der Waals surface area contributed by atoms with Gasteiger partial charge < -0.3 is 9.84 Å². The molecule has 0 fully saturated rings. The third kappa shape index (κ3) is 3.05. The van der Waals surface area contributed by atoms with Crippen molar-refractivity contribution in [2.45, 2.75) is 6.61 Å². The maximum Gasteiger partial charge on any atom is 0.339 e. The average molecular weight is 289 g/mol. The molecule has 1 N–H and O–H groups in total. The summed E-state index contributed by atoms with van der Waals surface area (Å²) in [5, 5.41) is 18.4. The lowest BCUT2D eigenvalue weighted by atomic mass is 10.2. The molecule has 100 valence electrons. The minimum Gasteiger partial charge on any atom is -0.488 e. The van der Waals surface area contributed by atoms with Crippen LogP contribution in [0.2, 0.25) is 5.02 Å². The van der Waals surface area contributed by atoms with Gasteiger partial charge in [-0.1, -0.05) is 17.7 Å². The normalized spacial score (nSPS) is 9.80. The molecule has 0 radical (unpaired) electrons. The molecular weight excluding hydrogens is 280 g/mol. The van der Waals surface area contributed by atoms with Crippen LogP contribution >= 0.6 is 11.6 Å². The predicted molar refractivity (Wildman–Crippen MR) is 71.7 cm³/mol. The largest absolute Gasteiger partial charge is 0.488 e. The predicted octanol–water partition coefficient (Wildman–Crippen LogP) is 2.88.